The van der Waals surface area contributed by atoms with Gasteiger partial charge in [-0.1, -0.05) is 0 Å². The molecule has 0 saturated carbocycles. The second-order valence-corrected chi connectivity index (χ2v) is 14.9. The molecule has 3 fully saturated rings. The van der Waals surface area contributed by atoms with Gasteiger partial charge in [-0.05, 0) is 6.92 Å². The van der Waals surface area contributed by atoms with Gasteiger partial charge in [0.15, 0.2) is 0 Å². The van der Waals surface area contributed by atoms with E-state index in [1.54, 1.807) is 0 Å². The Bertz CT molecular complexity index is 1460. The summed E-state index contributed by atoms with van der Waals surface area (Å²) in [6.45, 7) is 0.310. The minimum absolute atomic E-state index is 0.0232. The normalized spacial score (nSPS) is 17.0. The Labute approximate surface area is 349 Å². The summed E-state index contributed by atoms with van der Waals surface area (Å²) < 4.78 is 26.9. The van der Waals surface area contributed by atoms with Crippen LogP contribution in [-0.2, 0) is 81.3 Å². The molecule has 23 nitrogen and oxygen atoms in total. The summed E-state index contributed by atoms with van der Waals surface area (Å²) in [5.74, 6) is -5.98. The first kappa shape index (κ1) is 49.8. The highest BCUT2D eigenvalue weighted by molar-refractivity contribution is 8.00. The monoisotopic (exact) mass is 876 g/mol. The van der Waals surface area contributed by atoms with Gasteiger partial charge in [-0.15, -0.1) is 21.9 Å². The molecule has 60 heavy (non-hydrogen) atoms. The van der Waals surface area contributed by atoms with Crippen LogP contribution in [0, 0.1) is 5.41 Å². The highest BCUT2D eigenvalue weighted by atomic mass is 32.2. The summed E-state index contributed by atoms with van der Waals surface area (Å²) >= 11 is 1.10. The highest BCUT2D eigenvalue weighted by Crippen LogP contribution is 2.26. The fraction of sp³-hybridized carbons (Fsp3) is 0.722. The van der Waals surface area contributed by atoms with E-state index in [0.29, 0.717) is 10.1 Å². The number of rotatable bonds is 30. The molecule has 0 bridgehead atoms. The average molecular weight is 877 g/mol. The maximum atomic E-state index is 13.3. The van der Waals surface area contributed by atoms with Gasteiger partial charge >= 0.3 is 17.9 Å². The average Bonchev–Trinajstić information content (AvgIpc) is 3.82. The van der Waals surface area contributed by atoms with Crippen LogP contribution in [0.2, 0.25) is 0 Å². The lowest BCUT2D eigenvalue weighted by atomic mass is 9.93. The zero-order valence-corrected chi connectivity index (χ0v) is 34.2. The summed E-state index contributed by atoms with van der Waals surface area (Å²) in [6, 6.07) is 0. The van der Waals surface area contributed by atoms with Crippen LogP contribution < -0.4 is 0 Å². The lowest BCUT2D eigenvalue weighted by Gasteiger charge is -2.24. The van der Waals surface area contributed by atoms with E-state index in [0.717, 1.165) is 16.7 Å². The van der Waals surface area contributed by atoms with Crippen LogP contribution in [0.3, 0.4) is 0 Å². The van der Waals surface area contributed by atoms with E-state index in [1.807, 2.05) is 0 Å². The number of imide groups is 3. The Kier molecular flexibility index (Phi) is 21.5. The molecule has 1 atom stereocenters. The van der Waals surface area contributed by atoms with Gasteiger partial charge in [-0.2, -0.15) is 0 Å². The van der Waals surface area contributed by atoms with Crippen molar-refractivity contribution in [2.24, 2.45) is 5.41 Å². The van der Waals surface area contributed by atoms with Crippen molar-refractivity contribution < 1.29 is 91.5 Å². The molecule has 3 aliphatic rings. The summed E-state index contributed by atoms with van der Waals surface area (Å²) in [5.41, 5.74) is -1.47. The van der Waals surface area contributed by atoms with Crippen LogP contribution in [0.1, 0.15) is 58.3 Å². The third kappa shape index (κ3) is 16.1. The van der Waals surface area contributed by atoms with Crippen molar-refractivity contribution in [3.8, 4) is 0 Å². The number of carbonyl (C=O) groups is 10. The predicted octanol–water partition coefficient (Wildman–Crippen LogP) is -2.34. The lowest BCUT2D eigenvalue weighted by molar-refractivity contribution is -0.198. The third-order valence-corrected chi connectivity index (χ3v) is 10.2. The maximum absolute atomic E-state index is 13.3. The van der Waals surface area contributed by atoms with E-state index in [1.165, 1.54) is 11.8 Å². The molecule has 3 heterocycles. The van der Waals surface area contributed by atoms with Gasteiger partial charge in [-0.3, -0.25) is 43.3 Å². The van der Waals surface area contributed by atoms with Crippen molar-refractivity contribution in [1.29, 1.82) is 0 Å². The zero-order chi connectivity index (χ0) is 44.1. The molecular weight excluding hydrogens is 824 g/mol. The molecule has 1 unspecified atom stereocenters. The first-order valence-corrected chi connectivity index (χ1v) is 20.3. The molecule has 24 heteroatoms. The molecule has 3 rings (SSSR count). The smallest absolute Gasteiger partial charge is 0.335 e. The highest BCUT2D eigenvalue weighted by Gasteiger charge is 2.39. The number of thioether (sulfide) groups is 1. The Morgan fingerprint density at radius 1 is 0.650 bits per heavy atom. The van der Waals surface area contributed by atoms with Crippen molar-refractivity contribution in [1.82, 2.24) is 19.9 Å². The number of likely N-dealkylation sites (tertiary alicyclic amines) is 1. The molecule has 0 aromatic carbocycles. The summed E-state index contributed by atoms with van der Waals surface area (Å²) in [4.78, 5) is 133. The number of nitrogens with zero attached hydrogens (tertiary/aromatic N) is 4. The molecule has 0 spiro atoms. The number of ether oxygens (including phenoxy) is 5. The number of hydrogen-bond acceptors (Lipinski definition) is 20. The van der Waals surface area contributed by atoms with E-state index < -0.39 is 83.1 Å². The van der Waals surface area contributed by atoms with E-state index in [2.05, 4.69) is 0 Å². The summed E-state index contributed by atoms with van der Waals surface area (Å²) in [7, 11) is 0. The predicted molar refractivity (Wildman–Crippen MR) is 199 cm³/mol. The first-order chi connectivity index (χ1) is 28.7. The van der Waals surface area contributed by atoms with Crippen LogP contribution >= 0.6 is 11.8 Å². The second kappa shape index (κ2) is 25.9. The molecular formula is C36H52N4O19S. The topological polar surface area (TPSA) is 289 Å². The Balaban J connectivity index is 1.38. The van der Waals surface area contributed by atoms with Crippen LogP contribution in [0.25, 0.3) is 0 Å². The minimum Gasteiger partial charge on any atom is -0.464 e. The fourth-order valence-electron chi connectivity index (χ4n) is 5.34. The van der Waals surface area contributed by atoms with E-state index in [4.69, 9.17) is 33.4 Å². The van der Waals surface area contributed by atoms with Crippen LogP contribution in [0.5, 0.6) is 0 Å². The van der Waals surface area contributed by atoms with Crippen molar-refractivity contribution in [3.05, 3.63) is 0 Å². The van der Waals surface area contributed by atoms with Crippen molar-refractivity contribution in [2.75, 3.05) is 98.1 Å². The van der Waals surface area contributed by atoms with Gasteiger partial charge in [0.2, 0.25) is 17.7 Å². The maximum Gasteiger partial charge on any atom is 0.335 e. The van der Waals surface area contributed by atoms with Gasteiger partial charge in [0.1, 0.15) is 12.0 Å². The van der Waals surface area contributed by atoms with Crippen LogP contribution in [0.4, 0.5) is 0 Å². The Hall–Kier alpha value is -4.59. The Morgan fingerprint density at radius 2 is 1.10 bits per heavy atom. The van der Waals surface area contributed by atoms with Gasteiger partial charge in [0.05, 0.1) is 84.2 Å². The van der Waals surface area contributed by atoms with Gasteiger partial charge in [0, 0.05) is 63.9 Å². The molecule has 0 radical (unpaired) electrons. The van der Waals surface area contributed by atoms with E-state index in [9.17, 15) is 58.2 Å². The third-order valence-electron chi connectivity index (χ3n) is 8.98. The van der Waals surface area contributed by atoms with Crippen LogP contribution in [-0.4, -0.2) is 193 Å². The number of hydroxylamine groups is 4. The van der Waals surface area contributed by atoms with E-state index in [-0.39, 0.29) is 136 Å². The zero-order valence-electron chi connectivity index (χ0n) is 33.4. The number of aliphatic hydroxyl groups is 2. The number of hydrogen-bond donors (Lipinski definition) is 2. The fourth-order valence-corrected chi connectivity index (χ4v) is 6.33. The molecule has 0 aromatic heterocycles. The molecule has 336 valence electrons. The lowest BCUT2D eigenvalue weighted by Crippen LogP contribution is -2.40. The number of carbonyl (C=O) groups excluding carboxylic acids is 10. The number of aliphatic hydroxyl groups excluding tert-OH is 2. The summed E-state index contributed by atoms with van der Waals surface area (Å²) in [6.07, 6.45) is -0.829. The number of esters is 1. The van der Waals surface area contributed by atoms with Crippen molar-refractivity contribution in [2.45, 2.75) is 63.5 Å². The van der Waals surface area contributed by atoms with E-state index >= 15 is 0 Å². The molecule has 2 N–H and O–H groups in total. The molecule has 3 saturated heterocycles. The van der Waals surface area contributed by atoms with Crippen LogP contribution in [0.15, 0.2) is 0 Å². The molecule has 0 aromatic rings. The first-order valence-electron chi connectivity index (χ1n) is 19.3. The van der Waals surface area contributed by atoms with Crippen molar-refractivity contribution >= 4 is 71.0 Å². The quantitative estimate of drug-likeness (QED) is 0.0434. The SMILES string of the molecule is CC(CO)(CO)C(=O)OCCSC1CC(=O)N(CCC(=O)N(CCOCCOCCC(=O)ON2C(=O)CCC2=O)CCOCCOCCC(=O)ON2C(=O)CCC2=O)C1=O. The Morgan fingerprint density at radius 3 is 1.55 bits per heavy atom. The largest absolute Gasteiger partial charge is 0.464 e. The summed E-state index contributed by atoms with van der Waals surface area (Å²) in [5, 5.41) is 18.8. The van der Waals surface area contributed by atoms with Gasteiger partial charge < -0.3 is 48.5 Å². The number of amides is 7. The molecule has 0 aliphatic carbocycles. The van der Waals surface area contributed by atoms with Crippen molar-refractivity contribution in [3.63, 3.8) is 0 Å². The van der Waals surface area contributed by atoms with Gasteiger partial charge in [0.25, 0.3) is 23.6 Å². The standard InChI is InChI=1S/C36H52N4O19S/c1-36(23-41,24-42)35(52)57-20-21-60-25-22-31(48)38(34(25)51)9-6-26(43)37(10-14-55-18-16-53-12-7-32(49)58-39-27(44)2-3-28(39)45)11-15-56-19-17-54-13-8-33(50)59-40-29(46)4-5-30(40)47/h25,41-42H,2-24H2,1H3. The molecule has 3 aliphatic heterocycles. The minimum atomic E-state index is -1.47. The van der Waals surface area contributed by atoms with Gasteiger partial charge in [-0.25, -0.2) is 9.59 Å². The molecule has 7 amide bonds. The second-order valence-electron chi connectivity index (χ2n) is 13.6.